The fourth-order valence-electron chi connectivity index (χ4n) is 1.32. The quantitative estimate of drug-likeness (QED) is 0.714. The summed E-state index contributed by atoms with van der Waals surface area (Å²) in [6.45, 7) is 8.15. The standard InChI is InChI=1S/C12H13NS.C2H6/c1-9-6-7-11(13-10(9)2)12-5-3-4-8-14-12;1-2/h3-7H,8H2,1-2H3;1-2H3. The summed E-state index contributed by atoms with van der Waals surface area (Å²) < 4.78 is 0. The summed E-state index contributed by atoms with van der Waals surface area (Å²) >= 11 is 1.84. The summed E-state index contributed by atoms with van der Waals surface area (Å²) in [5.41, 5.74) is 3.48. The maximum absolute atomic E-state index is 4.57. The van der Waals surface area contributed by atoms with E-state index >= 15 is 0 Å². The van der Waals surface area contributed by atoms with Gasteiger partial charge in [0.15, 0.2) is 0 Å². The van der Waals surface area contributed by atoms with E-state index in [0.717, 1.165) is 17.1 Å². The molecule has 0 aromatic carbocycles. The molecule has 0 amide bonds. The largest absolute Gasteiger partial charge is 0.252 e. The van der Waals surface area contributed by atoms with E-state index in [1.807, 2.05) is 25.6 Å². The number of aromatic nitrogens is 1. The minimum Gasteiger partial charge on any atom is -0.252 e. The second kappa shape index (κ2) is 6.54. The Bertz CT molecular complexity index is 405. The molecule has 0 saturated carbocycles. The summed E-state index contributed by atoms with van der Waals surface area (Å²) in [7, 11) is 0. The third-order valence-corrected chi connectivity index (χ3v) is 3.34. The summed E-state index contributed by atoms with van der Waals surface area (Å²) in [4.78, 5) is 5.85. The topological polar surface area (TPSA) is 12.9 Å². The van der Waals surface area contributed by atoms with Crippen LogP contribution in [-0.4, -0.2) is 10.7 Å². The van der Waals surface area contributed by atoms with Crippen LogP contribution in [0.4, 0.5) is 0 Å². The van der Waals surface area contributed by atoms with Gasteiger partial charge >= 0.3 is 0 Å². The van der Waals surface area contributed by atoms with Crippen LogP contribution in [-0.2, 0) is 0 Å². The van der Waals surface area contributed by atoms with E-state index in [0.29, 0.717) is 0 Å². The number of aryl methyl sites for hydroxylation is 2. The highest BCUT2D eigenvalue weighted by Gasteiger charge is 2.05. The highest BCUT2D eigenvalue weighted by Crippen LogP contribution is 2.29. The first kappa shape index (κ1) is 13.0. The average molecular weight is 233 g/mol. The zero-order valence-corrected chi connectivity index (χ0v) is 11.3. The summed E-state index contributed by atoms with van der Waals surface area (Å²) in [5, 5.41) is 0. The zero-order valence-electron chi connectivity index (χ0n) is 10.4. The van der Waals surface area contributed by atoms with Crippen molar-refractivity contribution in [3.63, 3.8) is 0 Å². The molecular weight excluding hydrogens is 214 g/mol. The van der Waals surface area contributed by atoms with Crippen LogP contribution in [0.2, 0.25) is 0 Å². The molecule has 1 aromatic heterocycles. The summed E-state index contributed by atoms with van der Waals surface area (Å²) in [6.07, 6.45) is 6.39. The molecule has 0 N–H and O–H groups in total. The highest BCUT2D eigenvalue weighted by atomic mass is 32.2. The van der Waals surface area contributed by atoms with Gasteiger partial charge in [0.25, 0.3) is 0 Å². The Morgan fingerprint density at radius 1 is 1.19 bits per heavy atom. The molecule has 1 aliphatic rings. The summed E-state index contributed by atoms with van der Waals surface area (Å²) in [5.74, 6) is 1.06. The first-order valence-electron chi connectivity index (χ1n) is 5.71. The molecule has 0 bridgehead atoms. The first-order valence-corrected chi connectivity index (χ1v) is 6.70. The van der Waals surface area contributed by atoms with E-state index < -0.39 is 0 Å². The number of thioether (sulfide) groups is 1. The van der Waals surface area contributed by atoms with Crippen molar-refractivity contribution in [3.8, 4) is 0 Å². The molecule has 0 saturated heterocycles. The van der Waals surface area contributed by atoms with Crippen LogP contribution in [0.3, 0.4) is 0 Å². The van der Waals surface area contributed by atoms with Gasteiger partial charge in [0.1, 0.15) is 0 Å². The van der Waals surface area contributed by atoms with Gasteiger partial charge in [0.05, 0.1) is 5.69 Å². The van der Waals surface area contributed by atoms with Crippen molar-refractivity contribution in [2.45, 2.75) is 27.7 Å². The van der Waals surface area contributed by atoms with Crippen molar-refractivity contribution in [2.24, 2.45) is 0 Å². The molecule has 0 fully saturated rings. The minimum absolute atomic E-state index is 1.06. The maximum Gasteiger partial charge on any atom is 0.0768 e. The molecule has 2 rings (SSSR count). The number of allylic oxidation sites excluding steroid dienone is 2. The molecule has 0 unspecified atom stereocenters. The van der Waals surface area contributed by atoms with Gasteiger partial charge in [-0.3, -0.25) is 4.98 Å². The van der Waals surface area contributed by atoms with Gasteiger partial charge in [-0.1, -0.05) is 32.1 Å². The molecule has 1 aromatic rings. The van der Waals surface area contributed by atoms with Crippen LogP contribution < -0.4 is 0 Å². The number of hydrogen-bond acceptors (Lipinski definition) is 2. The SMILES string of the molecule is CC.Cc1ccc(C2=CC=CCS2)nc1C. The fraction of sp³-hybridized carbons (Fsp3) is 0.357. The molecule has 1 nitrogen and oxygen atoms in total. The zero-order chi connectivity index (χ0) is 12.0. The van der Waals surface area contributed by atoms with Crippen molar-refractivity contribution >= 4 is 16.7 Å². The molecule has 16 heavy (non-hydrogen) atoms. The van der Waals surface area contributed by atoms with Crippen LogP contribution in [0.5, 0.6) is 0 Å². The van der Waals surface area contributed by atoms with Gasteiger partial charge in [-0.05, 0) is 31.6 Å². The van der Waals surface area contributed by atoms with E-state index in [4.69, 9.17) is 0 Å². The molecule has 0 aliphatic carbocycles. The third-order valence-electron chi connectivity index (χ3n) is 2.32. The molecule has 1 aliphatic heterocycles. The number of pyridine rings is 1. The van der Waals surface area contributed by atoms with Crippen molar-refractivity contribution in [1.29, 1.82) is 0 Å². The third kappa shape index (κ3) is 3.24. The molecule has 0 atom stereocenters. The molecule has 2 heterocycles. The molecule has 2 heteroatoms. The van der Waals surface area contributed by atoms with E-state index in [2.05, 4.69) is 49.2 Å². The maximum atomic E-state index is 4.57. The Morgan fingerprint density at radius 2 is 1.94 bits per heavy atom. The van der Waals surface area contributed by atoms with Crippen molar-refractivity contribution < 1.29 is 0 Å². The number of nitrogens with zero attached hydrogens (tertiary/aromatic N) is 1. The normalized spacial score (nSPS) is 13.9. The van der Waals surface area contributed by atoms with Gasteiger partial charge in [0, 0.05) is 16.4 Å². The second-order valence-corrected chi connectivity index (χ2v) is 4.43. The fourth-order valence-corrected chi connectivity index (χ4v) is 2.15. The lowest BCUT2D eigenvalue weighted by atomic mass is 10.2. The van der Waals surface area contributed by atoms with E-state index in [1.54, 1.807) is 0 Å². The van der Waals surface area contributed by atoms with E-state index in [-0.39, 0.29) is 0 Å². The minimum atomic E-state index is 1.06. The molecule has 86 valence electrons. The molecule has 0 radical (unpaired) electrons. The average Bonchev–Trinajstić information content (AvgIpc) is 2.36. The smallest absolute Gasteiger partial charge is 0.0768 e. The van der Waals surface area contributed by atoms with Crippen LogP contribution in [0.15, 0.2) is 30.4 Å². The predicted octanol–water partition coefficient (Wildman–Crippen LogP) is 4.37. The monoisotopic (exact) mass is 233 g/mol. The van der Waals surface area contributed by atoms with Gasteiger partial charge in [0.2, 0.25) is 0 Å². The number of rotatable bonds is 1. The van der Waals surface area contributed by atoms with Crippen molar-refractivity contribution in [3.05, 3.63) is 47.3 Å². The van der Waals surface area contributed by atoms with E-state index in [1.165, 1.54) is 10.5 Å². The Morgan fingerprint density at radius 3 is 2.50 bits per heavy atom. The Hall–Kier alpha value is -1.02. The van der Waals surface area contributed by atoms with Crippen LogP contribution >= 0.6 is 11.8 Å². The van der Waals surface area contributed by atoms with Gasteiger partial charge in [-0.2, -0.15) is 0 Å². The predicted molar refractivity (Wildman–Crippen MR) is 74.6 cm³/mol. The van der Waals surface area contributed by atoms with Crippen LogP contribution in [0.1, 0.15) is 30.8 Å². The van der Waals surface area contributed by atoms with Crippen molar-refractivity contribution in [2.75, 3.05) is 5.75 Å². The molecule has 0 spiro atoms. The van der Waals surface area contributed by atoms with Gasteiger partial charge in [-0.25, -0.2) is 0 Å². The van der Waals surface area contributed by atoms with Crippen molar-refractivity contribution in [1.82, 2.24) is 4.98 Å². The lowest BCUT2D eigenvalue weighted by Gasteiger charge is -2.09. The lowest BCUT2D eigenvalue weighted by molar-refractivity contribution is 1.13. The van der Waals surface area contributed by atoms with Gasteiger partial charge in [-0.15, -0.1) is 11.8 Å². The second-order valence-electron chi connectivity index (χ2n) is 3.37. The first-order chi connectivity index (χ1) is 7.77. The van der Waals surface area contributed by atoms with Gasteiger partial charge < -0.3 is 0 Å². The highest BCUT2D eigenvalue weighted by molar-refractivity contribution is 8.08. The Balaban J connectivity index is 0.000000606. The lowest BCUT2D eigenvalue weighted by Crippen LogP contribution is -1.93. The molecular formula is C14H19NS. The van der Waals surface area contributed by atoms with Crippen LogP contribution in [0, 0.1) is 13.8 Å². The Kier molecular flexibility index (Phi) is 5.33. The number of hydrogen-bond donors (Lipinski definition) is 0. The summed E-state index contributed by atoms with van der Waals surface area (Å²) in [6, 6.07) is 4.23. The van der Waals surface area contributed by atoms with Crippen LogP contribution in [0.25, 0.3) is 4.91 Å². The van der Waals surface area contributed by atoms with E-state index in [9.17, 15) is 0 Å². The Labute approximate surface area is 103 Å².